The van der Waals surface area contributed by atoms with Crippen LogP contribution in [0, 0.1) is 0 Å². The van der Waals surface area contributed by atoms with Crippen LogP contribution in [0.25, 0.3) is 0 Å². The van der Waals surface area contributed by atoms with Crippen LogP contribution >= 0.6 is 0 Å². The van der Waals surface area contributed by atoms with Crippen molar-refractivity contribution in [3.05, 3.63) is 35.9 Å². The van der Waals surface area contributed by atoms with Crippen molar-refractivity contribution in [3.63, 3.8) is 0 Å². The molecular formula is C10H10O3. The van der Waals surface area contributed by atoms with E-state index in [1.807, 2.05) is 30.3 Å². The normalized spacial score (nSPS) is 27.3. The molecule has 2 atom stereocenters. The molecule has 0 saturated carbocycles. The number of ether oxygens (including phenoxy) is 2. The van der Waals surface area contributed by atoms with Crippen molar-refractivity contribution < 1.29 is 14.3 Å². The van der Waals surface area contributed by atoms with E-state index in [0.29, 0.717) is 0 Å². The van der Waals surface area contributed by atoms with Crippen molar-refractivity contribution in [2.75, 3.05) is 0 Å². The summed E-state index contributed by atoms with van der Waals surface area (Å²) in [6.07, 6.45) is -0.978. The molecule has 0 amide bonds. The summed E-state index contributed by atoms with van der Waals surface area (Å²) in [4.78, 5) is 11.2. The minimum absolute atomic E-state index is 0.307. The number of carbonyl (C=O) groups excluding carboxylic acids is 1. The number of hydrogen-bond donors (Lipinski definition) is 0. The van der Waals surface area contributed by atoms with Gasteiger partial charge in [-0.25, -0.2) is 4.79 Å². The van der Waals surface area contributed by atoms with Crippen LogP contribution in [0.2, 0.25) is 0 Å². The highest BCUT2D eigenvalue weighted by molar-refractivity contribution is 5.77. The number of hydrogen-bond acceptors (Lipinski definition) is 3. The first-order valence-electron chi connectivity index (χ1n) is 4.18. The van der Waals surface area contributed by atoms with Crippen molar-refractivity contribution in [3.8, 4) is 0 Å². The van der Waals surface area contributed by atoms with Crippen molar-refractivity contribution >= 4 is 5.97 Å². The Bertz CT molecular complexity index is 307. The van der Waals surface area contributed by atoms with Gasteiger partial charge in [0.1, 0.15) is 0 Å². The Morgan fingerprint density at radius 1 is 1.23 bits per heavy atom. The lowest BCUT2D eigenvalue weighted by Crippen LogP contribution is -2.06. The van der Waals surface area contributed by atoms with Crippen LogP contribution in [0.3, 0.4) is 0 Å². The van der Waals surface area contributed by atoms with E-state index in [1.165, 1.54) is 0 Å². The van der Waals surface area contributed by atoms with Crippen LogP contribution in [-0.2, 0) is 14.3 Å². The molecule has 0 unspecified atom stereocenters. The van der Waals surface area contributed by atoms with Crippen LogP contribution in [-0.4, -0.2) is 12.3 Å². The maximum Gasteiger partial charge on any atom is 0.342 e. The molecule has 3 heteroatoms. The third-order valence-corrected chi connectivity index (χ3v) is 1.93. The Morgan fingerprint density at radius 2 is 1.92 bits per heavy atom. The molecule has 1 aliphatic rings. The molecule has 1 heterocycles. The molecule has 1 aromatic rings. The monoisotopic (exact) mass is 178 g/mol. The summed E-state index contributed by atoms with van der Waals surface area (Å²) in [6, 6.07) is 9.34. The molecule has 0 spiro atoms. The minimum Gasteiger partial charge on any atom is -0.434 e. The fourth-order valence-corrected chi connectivity index (χ4v) is 1.34. The Balaban J connectivity index is 2.23. The van der Waals surface area contributed by atoms with Gasteiger partial charge in [0.25, 0.3) is 0 Å². The van der Waals surface area contributed by atoms with Crippen molar-refractivity contribution in [1.29, 1.82) is 0 Å². The lowest BCUT2D eigenvalue weighted by Gasteiger charge is -2.04. The summed E-state index contributed by atoms with van der Waals surface area (Å²) in [7, 11) is 0. The number of cyclic esters (lactones) is 1. The molecule has 2 rings (SSSR count). The highest BCUT2D eigenvalue weighted by Crippen LogP contribution is 2.26. The molecule has 13 heavy (non-hydrogen) atoms. The van der Waals surface area contributed by atoms with Crippen LogP contribution in [0.4, 0.5) is 0 Å². The molecule has 1 aromatic carbocycles. The summed E-state index contributed by atoms with van der Waals surface area (Å²) in [5, 5.41) is 0. The molecule has 0 bridgehead atoms. The molecule has 0 radical (unpaired) electrons. The number of carbonyl (C=O) groups is 1. The maximum atomic E-state index is 11.2. The van der Waals surface area contributed by atoms with Crippen molar-refractivity contribution in [2.24, 2.45) is 0 Å². The predicted molar refractivity (Wildman–Crippen MR) is 45.8 cm³/mol. The van der Waals surface area contributed by atoms with Gasteiger partial charge in [0.05, 0.1) is 0 Å². The highest BCUT2D eigenvalue weighted by Gasteiger charge is 2.33. The summed E-state index contributed by atoms with van der Waals surface area (Å²) in [5.41, 5.74) is 0.844. The van der Waals surface area contributed by atoms with Crippen LogP contribution < -0.4 is 0 Å². The van der Waals surface area contributed by atoms with E-state index >= 15 is 0 Å². The first kappa shape index (κ1) is 8.26. The van der Waals surface area contributed by atoms with E-state index in [9.17, 15) is 4.79 Å². The Labute approximate surface area is 76.3 Å². The standard InChI is InChI=1S/C10H10O3/c1-7-12-9(10(11)13-7)8-5-3-2-4-6-8/h2-7,9H,1H3/t7-,9-/m0/s1. The minimum atomic E-state index is -0.545. The molecule has 1 saturated heterocycles. The average molecular weight is 178 g/mol. The van der Waals surface area contributed by atoms with Gasteiger partial charge in [-0.15, -0.1) is 0 Å². The van der Waals surface area contributed by atoms with E-state index in [2.05, 4.69) is 0 Å². The zero-order valence-electron chi connectivity index (χ0n) is 7.27. The van der Waals surface area contributed by atoms with Crippen molar-refractivity contribution in [2.45, 2.75) is 19.3 Å². The van der Waals surface area contributed by atoms with Crippen LogP contribution in [0.1, 0.15) is 18.6 Å². The Kier molecular flexibility index (Phi) is 2.02. The van der Waals surface area contributed by atoms with Gasteiger partial charge in [-0.3, -0.25) is 0 Å². The molecule has 1 aliphatic heterocycles. The summed E-state index contributed by atoms with van der Waals surface area (Å²) < 4.78 is 10.2. The first-order chi connectivity index (χ1) is 6.27. The van der Waals surface area contributed by atoms with Gasteiger partial charge in [-0.05, 0) is 12.5 Å². The molecule has 1 fully saturated rings. The fraction of sp³-hybridized carbons (Fsp3) is 0.300. The molecule has 3 nitrogen and oxygen atoms in total. The van der Waals surface area contributed by atoms with Gasteiger partial charge >= 0.3 is 5.97 Å². The number of esters is 1. The fourth-order valence-electron chi connectivity index (χ4n) is 1.34. The van der Waals surface area contributed by atoms with E-state index in [1.54, 1.807) is 6.92 Å². The molecule has 0 N–H and O–H groups in total. The van der Waals surface area contributed by atoms with E-state index in [4.69, 9.17) is 9.47 Å². The average Bonchev–Trinajstić information content (AvgIpc) is 2.47. The second-order valence-corrected chi connectivity index (χ2v) is 2.93. The lowest BCUT2D eigenvalue weighted by molar-refractivity contribution is -0.142. The summed E-state index contributed by atoms with van der Waals surface area (Å²) >= 11 is 0. The Morgan fingerprint density at radius 3 is 2.46 bits per heavy atom. The predicted octanol–water partition coefficient (Wildman–Crippen LogP) is 1.65. The topological polar surface area (TPSA) is 35.5 Å². The van der Waals surface area contributed by atoms with Gasteiger partial charge in [0.2, 0.25) is 6.29 Å². The van der Waals surface area contributed by atoms with Gasteiger partial charge < -0.3 is 9.47 Å². The van der Waals surface area contributed by atoms with E-state index in [0.717, 1.165) is 5.56 Å². The zero-order chi connectivity index (χ0) is 9.26. The first-order valence-corrected chi connectivity index (χ1v) is 4.18. The molecule has 68 valence electrons. The van der Waals surface area contributed by atoms with Crippen LogP contribution in [0.15, 0.2) is 30.3 Å². The molecular weight excluding hydrogens is 168 g/mol. The maximum absolute atomic E-state index is 11.2. The third-order valence-electron chi connectivity index (χ3n) is 1.93. The second kappa shape index (κ2) is 3.18. The number of rotatable bonds is 1. The van der Waals surface area contributed by atoms with E-state index < -0.39 is 12.4 Å². The smallest absolute Gasteiger partial charge is 0.342 e. The number of benzene rings is 1. The van der Waals surface area contributed by atoms with Gasteiger partial charge in [-0.1, -0.05) is 30.3 Å². The van der Waals surface area contributed by atoms with Gasteiger partial charge in [0, 0.05) is 0 Å². The van der Waals surface area contributed by atoms with Gasteiger partial charge in [0.15, 0.2) is 6.10 Å². The lowest BCUT2D eigenvalue weighted by atomic mass is 10.1. The summed E-state index contributed by atoms with van der Waals surface area (Å²) in [6.45, 7) is 1.71. The largest absolute Gasteiger partial charge is 0.434 e. The SMILES string of the molecule is C[C@@H]1OC(=O)[C@H](c2ccccc2)O1. The van der Waals surface area contributed by atoms with Crippen molar-refractivity contribution in [1.82, 2.24) is 0 Å². The second-order valence-electron chi connectivity index (χ2n) is 2.93. The summed E-state index contributed by atoms with van der Waals surface area (Å²) in [5.74, 6) is -0.307. The van der Waals surface area contributed by atoms with E-state index in [-0.39, 0.29) is 5.97 Å². The molecule has 0 aliphatic carbocycles. The third kappa shape index (κ3) is 1.55. The quantitative estimate of drug-likeness (QED) is 0.613. The van der Waals surface area contributed by atoms with Crippen LogP contribution in [0.5, 0.6) is 0 Å². The zero-order valence-corrected chi connectivity index (χ0v) is 7.27. The molecule has 0 aromatic heterocycles. The Hall–Kier alpha value is -1.35. The van der Waals surface area contributed by atoms with Gasteiger partial charge in [-0.2, -0.15) is 0 Å². The highest BCUT2D eigenvalue weighted by atomic mass is 16.7.